The number of hydrogen-bond donors (Lipinski definition) is 2. The van der Waals surface area contributed by atoms with Crippen LogP contribution in [0.3, 0.4) is 0 Å². The van der Waals surface area contributed by atoms with Gasteiger partial charge in [-0.1, -0.05) is 0 Å². The molecule has 0 spiro atoms. The van der Waals surface area contributed by atoms with E-state index in [0.717, 1.165) is 19.7 Å². The van der Waals surface area contributed by atoms with Crippen LogP contribution in [0.25, 0.3) is 19.7 Å². The number of Topliss-reactive ketones (excluding diaryl/α,β-unsaturated/α-hetero) is 2. The molecule has 2 N–H and O–H groups in total. The van der Waals surface area contributed by atoms with Gasteiger partial charge in [0.2, 0.25) is 0 Å². The van der Waals surface area contributed by atoms with Crippen LogP contribution in [0.5, 0.6) is 23.0 Å². The molecule has 0 saturated heterocycles. The number of fused-ring (bicyclic) bond motifs is 2. The standard InChI is InChI=1S/C29H28O10SSe/c1-36-20-10-16-12-25(18(30)4-6-28(32)33)40-24(16)14-22(20)38-8-3-9-39-23-15-26-17(11-21(23)37-2)13-27(41-26)19(31)5-7-29(34)35/h10-15H,3-9H2,1-2H3,(H,32,33)(H,34,35). The molecule has 0 atom stereocenters. The molecule has 0 amide bonds. The molecule has 2 heterocycles. The van der Waals surface area contributed by atoms with Crippen molar-refractivity contribution in [2.75, 3.05) is 27.4 Å². The Morgan fingerprint density at radius 1 is 0.707 bits per heavy atom. The van der Waals surface area contributed by atoms with Crippen molar-refractivity contribution in [2.45, 2.75) is 32.1 Å². The van der Waals surface area contributed by atoms with Gasteiger partial charge in [0.05, 0.1) is 11.3 Å². The average molecular weight is 648 g/mol. The number of carboxylic acids is 2. The summed E-state index contributed by atoms with van der Waals surface area (Å²) >= 11 is 1.04. The van der Waals surface area contributed by atoms with E-state index in [0.29, 0.717) is 51.9 Å². The Labute approximate surface area is 245 Å². The first-order chi connectivity index (χ1) is 19.7. The second-order valence-electron chi connectivity index (χ2n) is 8.99. The zero-order chi connectivity index (χ0) is 29.5. The summed E-state index contributed by atoms with van der Waals surface area (Å²) in [5.74, 6) is -0.243. The van der Waals surface area contributed by atoms with Gasteiger partial charge in [0.15, 0.2) is 5.78 Å². The van der Waals surface area contributed by atoms with Crippen molar-refractivity contribution >= 4 is 69.1 Å². The van der Waals surface area contributed by atoms with Gasteiger partial charge in [-0.25, -0.2) is 0 Å². The molecule has 0 bridgehead atoms. The van der Waals surface area contributed by atoms with Gasteiger partial charge in [0.25, 0.3) is 0 Å². The zero-order valence-corrected chi connectivity index (χ0v) is 24.9. The van der Waals surface area contributed by atoms with E-state index < -0.39 is 11.9 Å². The number of ketones is 2. The predicted molar refractivity (Wildman–Crippen MR) is 154 cm³/mol. The first-order valence-electron chi connectivity index (χ1n) is 12.7. The number of carboxylic acid groups (broad SMARTS) is 2. The van der Waals surface area contributed by atoms with Gasteiger partial charge in [0, 0.05) is 6.42 Å². The van der Waals surface area contributed by atoms with Crippen LogP contribution in [-0.2, 0) is 9.59 Å². The molecular weight excluding hydrogens is 619 g/mol. The van der Waals surface area contributed by atoms with Crippen LogP contribution < -0.4 is 18.9 Å². The van der Waals surface area contributed by atoms with Crippen molar-refractivity contribution < 1.29 is 48.3 Å². The molecule has 0 unspecified atom stereocenters. The Kier molecular flexibility index (Phi) is 10.0. The molecule has 10 nitrogen and oxygen atoms in total. The van der Waals surface area contributed by atoms with Crippen LogP contribution in [0.4, 0.5) is 0 Å². The SMILES string of the molecule is COc1cc2cc(C(=O)CCC(=O)O)sc2cc1OCCCOc1cc2[se]c(C(=O)CCC(=O)O)cc2cc1OC. The van der Waals surface area contributed by atoms with E-state index in [1.165, 1.54) is 18.4 Å². The number of hydrogen-bond acceptors (Lipinski definition) is 9. The average Bonchev–Trinajstić information content (AvgIpc) is 3.56. The molecule has 0 fully saturated rings. The van der Waals surface area contributed by atoms with Gasteiger partial charge in [-0.3, -0.25) is 9.59 Å². The summed E-state index contributed by atoms with van der Waals surface area (Å²) in [5.41, 5.74) is 0. The zero-order valence-electron chi connectivity index (χ0n) is 22.4. The van der Waals surface area contributed by atoms with Crippen LogP contribution in [-0.4, -0.2) is 75.7 Å². The van der Waals surface area contributed by atoms with Crippen molar-refractivity contribution in [1.82, 2.24) is 0 Å². The third-order valence-corrected chi connectivity index (χ3v) is 9.62. The monoisotopic (exact) mass is 648 g/mol. The molecule has 4 aromatic rings. The molecule has 2 aromatic carbocycles. The molecule has 0 aliphatic rings. The van der Waals surface area contributed by atoms with Gasteiger partial charge >= 0.3 is 201 Å². The Morgan fingerprint density at radius 3 is 1.90 bits per heavy atom. The normalized spacial score (nSPS) is 11.0. The Hall–Kier alpha value is -3.86. The van der Waals surface area contributed by atoms with E-state index in [-0.39, 0.29) is 51.8 Å². The van der Waals surface area contributed by atoms with Crippen molar-refractivity contribution in [1.29, 1.82) is 0 Å². The molecule has 0 saturated carbocycles. The minimum atomic E-state index is -1.01. The maximum atomic E-state index is 12.4. The third kappa shape index (κ3) is 7.66. The van der Waals surface area contributed by atoms with Crippen LogP contribution >= 0.6 is 11.3 Å². The summed E-state index contributed by atoms with van der Waals surface area (Å²) in [6.07, 6.45) is 0.0734. The second-order valence-corrected chi connectivity index (χ2v) is 12.3. The minimum absolute atomic E-state index is 0.0202. The fourth-order valence-electron chi connectivity index (χ4n) is 4.02. The van der Waals surface area contributed by atoms with E-state index in [4.69, 9.17) is 29.2 Å². The number of benzene rings is 2. The summed E-state index contributed by atoms with van der Waals surface area (Å²) in [6, 6.07) is 10.8. The van der Waals surface area contributed by atoms with E-state index in [1.54, 1.807) is 25.3 Å². The first-order valence-corrected chi connectivity index (χ1v) is 15.2. The Bertz CT molecular complexity index is 1480. The van der Waals surface area contributed by atoms with Crippen molar-refractivity contribution in [2.24, 2.45) is 0 Å². The van der Waals surface area contributed by atoms with Gasteiger partial charge in [-0.05, 0) is 6.07 Å². The van der Waals surface area contributed by atoms with Gasteiger partial charge in [-0.2, -0.15) is 0 Å². The van der Waals surface area contributed by atoms with Gasteiger partial charge < -0.3 is 5.11 Å². The fourth-order valence-corrected chi connectivity index (χ4v) is 7.25. The van der Waals surface area contributed by atoms with Crippen LogP contribution in [0, 0.1) is 0 Å². The quantitative estimate of drug-likeness (QED) is 0.0960. The van der Waals surface area contributed by atoms with E-state index in [9.17, 15) is 19.2 Å². The summed E-state index contributed by atoms with van der Waals surface area (Å²) in [6.45, 7) is 0.671. The molecule has 2 aromatic heterocycles. The molecule has 0 aliphatic carbocycles. The van der Waals surface area contributed by atoms with Crippen LogP contribution in [0.15, 0.2) is 36.4 Å². The summed E-state index contributed by atoms with van der Waals surface area (Å²) in [7, 11) is 3.07. The molecular formula is C29H28O10SSe. The summed E-state index contributed by atoms with van der Waals surface area (Å²) in [4.78, 5) is 46.8. The van der Waals surface area contributed by atoms with Gasteiger partial charge in [-0.15, -0.1) is 0 Å². The number of ether oxygens (including phenoxy) is 4. The Balaban J connectivity index is 1.36. The molecule has 12 heteroatoms. The first kappa shape index (κ1) is 30.1. The maximum absolute atomic E-state index is 12.4. The number of methoxy groups -OCH3 is 2. The van der Waals surface area contributed by atoms with Crippen molar-refractivity contribution in [3.8, 4) is 23.0 Å². The second kappa shape index (κ2) is 13.7. The number of carbonyl (C=O) groups is 4. The van der Waals surface area contributed by atoms with Crippen molar-refractivity contribution in [3.05, 3.63) is 45.7 Å². The van der Waals surface area contributed by atoms with Crippen LogP contribution in [0.2, 0.25) is 0 Å². The van der Waals surface area contributed by atoms with E-state index in [2.05, 4.69) is 0 Å². The summed E-state index contributed by atoms with van der Waals surface area (Å²) < 4.78 is 25.3. The Morgan fingerprint density at radius 2 is 1.29 bits per heavy atom. The summed E-state index contributed by atoms with van der Waals surface area (Å²) in [5, 5.41) is 19.4. The molecule has 41 heavy (non-hydrogen) atoms. The third-order valence-electron chi connectivity index (χ3n) is 6.09. The number of carbonyl (C=O) groups excluding carboxylic acids is 2. The number of thiophene rings is 1. The number of rotatable bonds is 16. The topological polar surface area (TPSA) is 146 Å². The van der Waals surface area contributed by atoms with Gasteiger partial charge in [0.1, 0.15) is 0 Å². The van der Waals surface area contributed by atoms with E-state index in [1.807, 2.05) is 18.2 Å². The number of aliphatic carboxylic acids is 2. The fraction of sp³-hybridized carbons (Fsp3) is 0.310. The molecule has 0 aliphatic heterocycles. The molecule has 4 rings (SSSR count). The molecule has 216 valence electrons. The van der Waals surface area contributed by atoms with Crippen LogP contribution in [0.1, 0.15) is 51.0 Å². The molecule has 0 radical (unpaired) electrons. The van der Waals surface area contributed by atoms with E-state index >= 15 is 0 Å². The van der Waals surface area contributed by atoms with Crippen molar-refractivity contribution in [3.63, 3.8) is 0 Å². The predicted octanol–water partition coefficient (Wildman–Crippen LogP) is 5.07.